The highest BCUT2D eigenvalue weighted by Gasteiger charge is 2.30. The highest BCUT2D eigenvalue weighted by molar-refractivity contribution is 7.89. The van der Waals surface area contributed by atoms with Crippen LogP contribution >= 0.6 is 11.6 Å². The van der Waals surface area contributed by atoms with E-state index in [9.17, 15) is 16.8 Å². The van der Waals surface area contributed by atoms with Crippen molar-refractivity contribution in [3.05, 3.63) is 59.1 Å². The number of ether oxygens (including phenoxy) is 1. The fourth-order valence-electron chi connectivity index (χ4n) is 3.70. The minimum absolute atomic E-state index is 0.0444. The lowest BCUT2D eigenvalue weighted by Gasteiger charge is -2.25. The molecule has 0 aromatic heterocycles. The number of halogens is 1. The molecule has 0 bridgehead atoms. The zero-order chi connectivity index (χ0) is 23.4. The number of nitrogens with zero attached hydrogens (tertiary/aromatic N) is 2. The van der Waals surface area contributed by atoms with Crippen molar-refractivity contribution in [1.82, 2.24) is 8.61 Å². The summed E-state index contributed by atoms with van der Waals surface area (Å²) in [6.45, 7) is 5.23. The molecule has 1 unspecified atom stereocenters. The molecule has 1 fully saturated rings. The van der Waals surface area contributed by atoms with E-state index in [2.05, 4.69) is 0 Å². The Kier molecular flexibility index (Phi) is 8.35. The van der Waals surface area contributed by atoms with Gasteiger partial charge in [-0.3, -0.25) is 0 Å². The number of benzene rings is 2. The second-order valence-electron chi connectivity index (χ2n) is 7.62. The van der Waals surface area contributed by atoms with E-state index in [1.807, 2.05) is 0 Å². The van der Waals surface area contributed by atoms with Crippen LogP contribution in [0.3, 0.4) is 0 Å². The lowest BCUT2D eigenvalue weighted by molar-refractivity contribution is 0.0926. The van der Waals surface area contributed by atoms with E-state index in [1.54, 1.807) is 38.1 Å². The molecule has 176 valence electrons. The third-order valence-electron chi connectivity index (χ3n) is 5.51. The standard InChI is InChI=1S/C22H29ClN2O5S2/c1-3-24(4-2)31(26,27)21-11-13-22(14-12-21)32(28,29)25(17-20-6-5-15-30-20)16-18-7-9-19(23)10-8-18/h7-14,20H,3-6,15-17H2,1-2H3. The third-order valence-corrected chi connectivity index (χ3v) is 9.65. The summed E-state index contributed by atoms with van der Waals surface area (Å²) in [6, 6.07) is 12.5. The summed E-state index contributed by atoms with van der Waals surface area (Å²) in [5, 5.41) is 0.576. The molecular formula is C22H29ClN2O5S2. The SMILES string of the molecule is CCN(CC)S(=O)(=O)c1ccc(S(=O)(=O)N(Cc2ccc(Cl)cc2)CC2CCCO2)cc1. The topological polar surface area (TPSA) is 84.0 Å². The van der Waals surface area contributed by atoms with Crippen LogP contribution in [0.15, 0.2) is 58.3 Å². The summed E-state index contributed by atoms with van der Waals surface area (Å²) in [7, 11) is -7.54. The van der Waals surface area contributed by atoms with Gasteiger partial charge in [0.15, 0.2) is 0 Å². The van der Waals surface area contributed by atoms with Crippen molar-refractivity contribution in [1.29, 1.82) is 0 Å². The first-order chi connectivity index (χ1) is 15.2. The molecule has 1 aliphatic rings. The van der Waals surface area contributed by atoms with Gasteiger partial charge in [0.25, 0.3) is 0 Å². The summed E-state index contributed by atoms with van der Waals surface area (Å²) in [4.78, 5) is 0.117. The van der Waals surface area contributed by atoms with Gasteiger partial charge in [0.1, 0.15) is 0 Å². The molecular weight excluding hydrogens is 472 g/mol. The molecule has 7 nitrogen and oxygen atoms in total. The molecule has 1 heterocycles. The smallest absolute Gasteiger partial charge is 0.243 e. The van der Waals surface area contributed by atoms with Crippen LogP contribution in [0.25, 0.3) is 0 Å². The number of hydrogen-bond acceptors (Lipinski definition) is 5. The van der Waals surface area contributed by atoms with E-state index in [-0.39, 0.29) is 29.0 Å². The molecule has 0 saturated carbocycles. The van der Waals surface area contributed by atoms with Crippen LogP contribution in [0.1, 0.15) is 32.3 Å². The lowest BCUT2D eigenvalue weighted by Crippen LogP contribution is -2.37. The molecule has 32 heavy (non-hydrogen) atoms. The van der Waals surface area contributed by atoms with E-state index in [0.717, 1.165) is 18.4 Å². The Balaban J connectivity index is 1.90. The van der Waals surface area contributed by atoms with Crippen LogP contribution in [-0.2, 0) is 31.3 Å². The van der Waals surface area contributed by atoms with Crippen molar-refractivity contribution in [3.8, 4) is 0 Å². The first-order valence-corrected chi connectivity index (χ1v) is 13.9. The lowest BCUT2D eigenvalue weighted by atomic mass is 10.2. The van der Waals surface area contributed by atoms with Gasteiger partial charge in [-0.1, -0.05) is 37.6 Å². The average Bonchev–Trinajstić information content (AvgIpc) is 3.29. The largest absolute Gasteiger partial charge is 0.377 e. The highest BCUT2D eigenvalue weighted by Crippen LogP contribution is 2.25. The number of sulfonamides is 2. The van der Waals surface area contributed by atoms with Crippen LogP contribution < -0.4 is 0 Å². The van der Waals surface area contributed by atoms with Gasteiger partial charge in [-0.25, -0.2) is 16.8 Å². The molecule has 2 aromatic rings. The minimum Gasteiger partial charge on any atom is -0.377 e. The molecule has 10 heteroatoms. The maximum Gasteiger partial charge on any atom is 0.243 e. The van der Waals surface area contributed by atoms with Crippen LogP contribution in [0, 0.1) is 0 Å². The summed E-state index contributed by atoms with van der Waals surface area (Å²) >= 11 is 5.96. The second-order valence-corrected chi connectivity index (χ2v) is 11.9. The van der Waals surface area contributed by atoms with Crippen molar-refractivity contribution < 1.29 is 21.6 Å². The Morgan fingerprint density at radius 1 is 0.875 bits per heavy atom. The van der Waals surface area contributed by atoms with Gasteiger partial charge in [-0.2, -0.15) is 8.61 Å². The van der Waals surface area contributed by atoms with Gasteiger partial charge in [0, 0.05) is 37.8 Å². The maximum atomic E-state index is 13.5. The first-order valence-electron chi connectivity index (χ1n) is 10.6. The second kappa shape index (κ2) is 10.6. The van der Waals surface area contributed by atoms with Crippen LogP contribution in [-0.4, -0.2) is 57.8 Å². The zero-order valence-corrected chi connectivity index (χ0v) is 20.7. The Bertz CT molecular complexity index is 1090. The van der Waals surface area contributed by atoms with Crippen molar-refractivity contribution in [3.63, 3.8) is 0 Å². The molecule has 0 radical (unpaired) electrons. The minimum atomic E-state index is -3.88. The molecule has 3 rings (SSSR count). The van der Waals surface area contributed by atoms with Crippen LogP contribution in [0.2, 0.25) is 5.02 Å². The quantitative estimate of drug-likeness (QED) is 0.496. The van der Waals surface area contributed by atoms with E-state index in [4.69, 9.17) is 16.3 Å². The van der Waals surface area contributed by atoms with Crippen molar-refractivity contribution >= 4 is 31.6 Å². The maximum absolute atomic E-state index is 13.5. The van der Waals surface area contributed by atoms with Crippen molar-refractivity contribution in [2.45, 2.75) is 49.1 Å². The predicted molar refractivity (Wildman–Crippen MR) is 125 cm³/mol. The predicted octanol–water partition coefficient (Wildman–Crippen LogP) is 3.74. The highest BCUT2D eigenvalue weighted by atomic mass is 35.5. The zero-order valence-electron chi connectivity index (χ0n) is 18.3. The molecule has 1 aliphatic heterocycles. The van der Waals surface area contributed by atoms with Gasteiger partial charge in [0.05, 0.1) is 15.9 Å². The Labute approximate surface area is 196 Å². The van der Waals surface area contributed by atoms with Crippen LogP contribution in [0.5, 0.6) is 0 Å². The monoisotopic (exact) mass is 500 g/mol. The van der Waals surface area contributed by atoms with Crippen LogP contribution in [0.4, 0.5) is 0 Å². The van der Waals surface area contributed by atoms with Gasteiger partial charge in [-0.15, -0.1) is 0 Å². The Morgan fingerprint density at radius 3 is 1.88 bits per heavy atom. The average molecular weight is 501 g/mol. The first kappa shape index (κ1) is 25.1. The summed E-state index contributed by atoms with van der Waals surface area (Å²) in [5.74, 6) is 0. The normalized spacial score (nSPS) is 17.3. The summed E-state index contributed by atoms with van der Waals surface area (Å²) < 4.78 is 60.8. The van der Waals surface area contributed by atoms with Gasteiger partial charge in [0.2, 0.25) is 20.0 Å². The molecule has 0 aliphatic carbocycles. The molecule has 1 saturated heterocycles. The fraction of sp³-hybridized carbons (Fsp3) is 0.455. The summed E-state index contributed by atoms with van der Waals surface area (Å²) in [5.41, 5.74) is 0.803. The fourth-order valence-corrected chi connectivity index (χ4v) is 6.75. The van der Waals surface area contributed by atoms with Gasteiger partial charge >= 0.3 is 0 Å². The molecule has 0 N–H and O–H groups in total. The number of rotatable bonds is 10. The molecule has 2 aromatic carbocycles. The Hall–Kier alpha value is -1.49. The van der Waals surface area contributed by atoms with Gasteiger partial charge < -0.3 is 4.74 Å². The van der Waals surface area contributed by atoms with Gasteiger partial charge in [-0.05, 0) is 54.8 Å². The van der Waals surface area contributed by atoms with E-state index >= 15 is 0 Å². The molecule has 1 atom stereocenters. The van der Waals surface area contributed by atoms with E-state index < -0.39 is 20.0 Å². The molecule has 0 amide bonds. The molecule has 0 spiro atoms. The van der Waals surface area contributed by atoms with Crippen molar-refractivity contribution in [2.75, 3.05) is 26.2 Å². The van der Waals surface area contributed by atoms with E-state index in [1.165, 1.54) is 32.9 Å². The summed E-state index contributed by atoms with van der Waals surface area (Å²) in [6.07, 6.45) is 1.53. The third kappa shape index (κ3) is 5.70. The van der Waals surface area contributed by atoms with Crippen molar-refractivity contribution in [2.24, 2.45) is 0 Å². The number of hydrogen-bond donors (Lipinski definition) is 0. The van der Waals surface area contributed by atoms with E-state index in [0.29, 0.717) is 24.7 Å². The Morgan fingerprint density at radius 2 is 1.41 bits per heavy atom.